The van der Waals surface area contributed by atoms with Gasteiger partial charge in [0.25, 0.3) is 5.91 Å². The van der Waals surface area contributed by atoms with E-state index in [2.05, 4.69) is 27.2 Å². The van der Waals surface area contributed by atoms with Gasteiger partial charge in [-0.3, -0.25) is 9.69 Å². The number of carbonyl (C=O) groups excluding carboxylic acids is 1. The van der Waals surface area contributed by atoms with Gasteiger partial charge in [-0.2, -0.15) is 0 Å². The number of benzene rings is 2. The smallest absolute Gasteiger partial charge is 0.255 e. The molecule has 5 nitrogen and oxygen atoms in total. The normalized spacial score (nSPS) is 15.1. The molecule has 0 saturated carbocycles. The summed E-state index contributed by atoms with van der Waals surface area (Å²) >= 11 is 5.94. The van der Waals surface area contributed by atoms with E-state index in [0.29, 0.717) is 10.6 Å². The number of carbonyl (C=O) groups is 1. The molecular formula is C20H24ClN3O2. The van der Waals surface area contributed by atoms with Crippen molar-refractivity contribution in [1.29, 1.82) is 0 Å². The zero-order valence-electron chi connectivity index (χ0n) is 15.0. The van der Waals surface area contributed by atoms with E-state index in [9.17, 15) is 4.79 Å². The van der Waals surface area contributed by atoms with Crippen LogP contribution in [0.15, 0.2) is 48.5 Å². The summed E-state index contributed by atoms with van der Waals surface area (Å²) in [6.45, 7) is 5.84. The van der Waals surface area contributed by atoms with Crippen LogP contribution in [0.25, 0.3) is 0 Å². The van der Waals surface area contributed by atoms with Gasteiger partial charge in [0.2, 0.25) is 0 Å². The number of hydrogen-bond acceptors (Lipinski definition) is 4. The van der Waals surface area contributed by atoms with Gasteiger partial charge in [-0.25, -0.2) is 0 Å². The maximum atomic E-state index is 12.3. The zero-order valence-corrected chi connectivity index (χ0v) is 15.7. The van der Waals surface area contributed by atoms with E-state index in [4.69, 9.17) is 16.3 Å². The minimum absolute atomic E-state index is 0.160. The van der Waals surface area contributed by atoms with E-state index >= 15 is 0 Å². The number of hydrogen-bond donors (Lipinski definition) is 1. The van der Waals surface area contributed by atoms with E-state index in [-0.39, 0.29) is 5.91 Å². The second kappa shape index (κ2) is 9.03. The van der Waals surface area contributed by atoms with Gasteiger partial charge in [0, 0.05) is 61.8 Å². The van der Waals surface area contributed by atoms with Crippen LogP contribution in [0, 0.1) is 0 Å². The third-order valence-electron chi connectivity index (χ3n) is 4.56. The Morgan fingerprint density at radius 1 is 1.12 bits per heavy atom. The first-order chi connectivity index (χ1) is 12.7. The number of rotatable bonds is 6. The van der Waals surface area contributed by atoms with Crippen LogP contribution in [0.2, 0.25) is 5.02 Å². The van der Waals surface area contributed by atoms with E-state index in [0.717, 1.165) is 45.0 Å². The SMILES string of the molecule is COCCN1CCN(c2ccc(NC(=O)c3cccc(Cl)c3)cc2)CC1. The first-order valence-electron chi connectivity index (χ1n) is 8.79. The number of anilines is 2. The zero-order chi connectivity index (χ0) is 18.4. The highest BCUT2D eigenvalue weighted by Crippen LogP contribution is 2.20. The summed E-state index contributed by atoms with van der Waals surface area (Å²) in [6, 6.07) is 14.9. The van der Waals surface area contributed by atoms with Crippen LogP contribution in [-0.2, 0) is 4.74 Å². The van der Waals surface area contributed by atoms with Crippen LogP contribution in [0.3, 0.4) is 0 Å². The highest BCUT2D eigenvalue weighted by Gasteiger charge is 2.16. The molecular weight excluding hydrogens is 350 g/mol. The van der Waals surface area contributed by atoms with Gasteiger partial charge in [-0.1, -0.05) is 17.7 Å². The summed E-state index contributed by atoms with van der Waals surface area (Å²) < 4.78 is 5.14. The Balaban J connectivity index is 1.55. The van der Waals surface area contributed by atoms with Gasteiger partial charge in [0.05, 0.1) is 6.61 Å². The predicted molar refractivity (Wildman–Crippen MR) is 106 cm³/mol. The molecule has 0 atom stereocenters. The van der Waals surface area contributed by atoms with Gasteiger partial charge in [-0.05, 0) is 42.5 Å². The molecule has 0 aliphatic carbocycles. The van der Waals surface area contributed by atoms with Crippen LogP contribution in [0.4, 0.5) is 11.4 Å². The third kappa shape index (κ3) is 4.97. The lowest BCUT2D eigenvalue weighted by atomic mass is 10.2. The molecule has 138 valence electrons. The van der Waals surface area contributed by atoms with E-state index in [1.807, 2.05) is 12.1 Å². The first-order valence-corrected chi connectivity index (χ1v) is 9.17. The lowest BCUT2D eigenvalue weighted by molar-refractivity contribution is 0.102. The minimum atomic E-state index is -0.160. The van der Waals surface area contributed by atoms with Gasteiger partial charge in [0.15, 0.2) is 0 Å². The molecule has 0 bridgehead atoms. The Labute approximate surface area is 159 Å². The highest BCUT2D eigenvalue weighted by atomic mass is 35.5. The number of nitrogens with one attached hydrogen (secondary N) is 1. The van der Waals surface area contributed by atoms with Crippen LogP contribution in [0.1, 0.15) is 10.4 Å². The summed E-state index contributed by atoms with van der Waals surface area (Å²) in [6.07, 6.45) is 0. The Hall–Kier alpha value is -2.08. The molecule has 1 N–H and O–H groups in total. The van der Waals surface area contributed by atoms with Gasteiger partial charge in [0.1, 0.15) is 0 Å². The molecule has 1 heterocycles. The molecule has 2 aromatic rings. The quantitative estimate of drug-likeness (QED) is 0.843. The molecule has 1 saturated heterocycles. The molecule has 2 aromatic carbocycles. The van der Waals surface area contributed by atoms with E-state index in [1.165, 1.54) is 5.69 Å². The number of piperazine rings is 1. The van der Waals surface area contributed by atoms with Crippen LogP contribution < -0.4 is 10.2 Å². The van der Waals surface area contributed by atoms with Gasteiger partial charge in [-0.15, -0.1) is 0 Å². The molecule has 0 aromatic heterocycles. The summed E-state index contributed by atoms with van der Waals surface area (Å²) in [5, 5.41) is 3.46. The lowest BCUT2D eigenvalue weighted by Gasteiger charge is -2.36. The first kappa shape index (κ1) is 18.7. The Morgan fingerprint density at radius 2 is 1.85 bits per heavy atom. The number of nitrogens with zero attached hydrogens (tertiary/aromatic N) is 2. The second-order valence-corrected chi connectivity index (χ2v) is 6.77. The number of amides is 1. The van der Waals surface area contributed by atoms with Crippen molar-refractivity contribution in [2.75, 3.05) is 56.7 Å². The fourth-order valence-corrected chi connectivity index (χ4v) is 3.23. The lowest BCUT2D eigenvalue weighted by Crippen LogP contribution is -2.47. The standard InChI is InChI=1S/C20H24ClN3O2/c1-26-14-13-23-9-11-24(12-10-23)19-7-5-18(6-8-19)22-20(25)16-3-2-4-17(21)15-16/h2-8,15H,9-14H2,1H3,(H,22,25). The largest absolute Gasteiger partial charge is 0.383 e. The molecule has 1 fully saturated rings. The summed E-state index contributed by atoms with van der Waals surface area (Å²) in [7, 11) is 1.74. The van der Waals surface area contributed by atoms with Crippen LogP contribution >= 0.6 is 11.6 Å². The Bertz CT molecular complexity index is 728. The summed E-state index contributed by atoms with van der Waals surface area (Å²) in [5.74, 6) is -0.160. The van der Waals surface area contributed by atoms with Crippen LogP contribution in [-0.4, -0.2) is 57.2 Å². The molecule has 3 rings (SSSR count). The Morgan fingerprint density at radius 3 is 2.50 bits per heavy atom. The maximum absolute atomic E-state index is 12.3. The monoisotopic (exact) mass is 373 g/mol. The minimum Gasteiger partial charge on any atom is -0.383 e. The molecule has 1 aliphatic heterocycles. The van der Waals surface area contributed by atoms with Gasteiger partial charge >= 0.3 is 0 Å². The summed E-state index contributed by atoms with van der Waals surface area (Å²) in [4.78, 5) is 17.1. The van der Waals surface area contributed by atoms with Crippen molar-refractivity contribution in [3.8, 4) is 0 Å². The van der Waals surface area contributed by atoms with Crippen molar-refractivity contribution in [3.63, 3.8) is 0 Å². The number of ether oxygens (including phenoxy) is 1. The average molecular weight is 374 g/mol. The van der Waals surface area contributed by atoms with Crippen molar-refractivity contribution in [3.05, 3.63) is 59.1 Å². The van der Waals surface area contributed by atoms with Crippen LogP contribution in [0.5, 0.6) is 0 Å². The molecule has 1 amide bonds. The molecule has 0 unspecified atom stereocenters. The van der Waals surface area contributed by atoms with Crippen molar-refractivity contribution in [2.24, 2.45) is 0 Å². The molecule has 0 spiro atoms. The van der Waals surface area contributed by atoms with Crippen molar-refractivity contribution < 1.29 is 9.53 Å². The average Bonchev–Trinajstić information content (AvgIpc) is 2.67. The van der Waals surface area contributed by atoms with Crippen molar-refractivity contribution in [2.45, 2.75) is 0 Å². The molecule has 26 heavy (non-hydrogen) atoms. The fraction of sp³-hybridized carbons (Fsp3) is 0.350. The maximum Gasteiger partial charge on any atom is 0.255 e. The topological polar surface area (TPSA) is 44.8 Å². The van der Waals surface area contributed by atoms with E-state index in [1.54, 1.807) is 31.4 Å². The number of halogens is 1. The summed E-state index contributed by atoms with van der Waals surface area (Å²) in [5.41, 5.74) is 2.50. The molecule has 6 heteroatoms. The highest BCUT2D eigenvalue weighted by molar-refractivity contribution is 6.31. The van der Waals surface area contributed by atoms with Crippen molar-refractivity contribution >= 4 is 28.9 Å². The predicted octanol–water partition coefficient (Wildman–Crippen LogP) is 3.36. The second-order valence-electron chi connectivity index (χ2n) is 6.33. The van der Waals surface area contributed by atoms with E-state index < -0.39 is 0 Å². The molecule has 0 radical (unpaired) electrons. The fourth-order valence-electron chi connectivity index (χ4n) is 3.04. The molecule has 1 aliphatic rings. The van der Waals surface area contributed by atoms with Crippen molar-refractivity contribution in [1.82, 2.24) is 4.90 Å². The number of methoxy groups -OCH3 is 1. The Kier molecular flexibility index (Phi) is 6.50. The third-order valence-corrected chi connectivity index (χ3v) is 4.80. The van der Waals surface area contributed by atoms with Gasteiger partial charge < -0.3 is 15.0 Å².